The molecule has 0 spiro atoms. The number of carboxylic acids is 1. The van der Waals surface area contributed by atoms with Crippen molar-refractivity contribution in [3.63, 3.8) is 0 Å². The smallest absolute Gasteiger partial charge is 0.326 e. The number of nitrogens with one attached hydrogen (secondary N) is 1. The first-order chi connectivity index (χ1) is 13.6. The second-order valence-electron chi connectivity index (χ2n) is 7.81. The molecule has 4 heteroatoms. The van der Waals surface area contributed by atoms with Gasteiger partial charge in [0.1, 0.15) is 6.04 Å². The molecule has 3 aromatic carbocycles. The van der Waals surface area contributed by atoms with Gasteiger partial charge in [0.2, 0.25) is 5.91 Å². The van der Waals surface area contributed by atoms with Crippen molar-refractivity contribution in [1.82, 2.24) is 5.32 Å². The Labute approximate surface area is 164 Å². The summed E-state index contributed by atoms with van der Waals surface area (Å²) in [4.78, 5) is 24.4. The Morgan fingerprint density at radius 3 is 2.11 bits per heavy atom. The summed E-state index contributed by atoms with van der Waals surface area (Å²) in [6, 6.07) is 17.2. The molecular weight excluding hydrogens is 350 g/mol. The highest BCUT2D eigenvalue weighted by molar-refractivity contribution is 6.02. The second kappa shape index (κ2) is 8.01. The first kappa shape index (κ1) is 18.5. The summed E-state index contributed by atoms with van der Waals surface area (Å²) in [7, 11) is 0. The zero-order valence-electron chi connectivity index (χ0n) is 15.9. The molecule has 0 unspecified atom stereocenters. The number of benzene rings is 3. The topological polar surface area (TPSA) is 66.4 Å². The van der Waals surface area contributed by atoms with Crippen molar-refractivity contribution in [2.45, 2.75) is 44.6 Å². The quantitative estimate of drug-likeness (QED) is 0.615. The Morgan fingerprint density at radius 1 is 0.964 bits per heavy atom. The van der Waals surface area contributed by atoms with Crippen LogP contribution in [0.5, 0.6) is 0 Å². The maximum Gasteiger partial charge on any atom is 0.326 e. The van der Waals surface area contributed by atoms with Crippen LogP contribution in [0.2, 0.25) is 0 Å². The molecule has 0 aromatic heterocycles. The fourth-order valence-corrected chi connectivity index (χ4v) is 4.46. The van der Waals surface area contributed by atoms with Crippen molar-refractivity contribution in [3.8, 4) is 0 Å². The normalized spacial score (nSPS) is 15.7. The lowest BCUT2D eigenvalue weighted by atomic mass is 9.92. The molecule has 144 valence electrons. The number of hydrogen-bond acceptors (Lipinski definition) is 2. The van der Waals surface area contributed by atoms with Crippen molar-refractivity contribution >= 4 is 33.4 Å². The fourth-order valence-electron chi connectivity index (χ4n) is 4.46. The number of rotatable bonds is 6. The van der Waals surface area contributed by atoms with E-state index >= 15 is 0 Å². The van der Waals surface area contributed by atoms with Gasteiger partial charge in [0.15, 0.2) is 0 Å². The number of amides is 1. The average molecular weight is 375 g/mol. The van der Waals surface area contributed by atoms with E-state index in [2.05, 4.69) is 11.4 Å². The Balaban J connectivity index is 1.65. The summed E-state index contributed by atoms with van der Waals surface area (Å²) in [5.74, 6) is -0.742. The van der Waals surface area contributed by atoms with E-state index in [9.17, 15) is 14.7 Å². The summed E-state index contributed by atoms with van der Waals surface area (Å²) < 4.78 is 0. The van der Waals surface area contributed by atoms with Gasteiger partial charge in [0.05, 0.1) is 0 Å². The lowest BCUT2D eigenvalue weighted by molar-refractivity contribution is -0.141. The molecule has 2 N–H and O–H groups in total. The number of aliphatic carboxylic acids is 1. The minimum absolute atomic E-state index is 0.149. The zero-order chi connectivity index (χ0) is 19.5. The van der Waals surface area contributed by atoms with E-state index in [1.807, 2.05) is 48.5 Å². The molecule has 1 fully saturated rings. The average Bonchev–Trinajstić information content (AvgIpc) is 3.19. The molecule has 0 heterocycles. The molecular formula is C24H25NO3. The highest BCUT2D eigenvalue weighted by atomic mass is 16.4. The van der Waals surface area contributed by atoms with E-state index < -0.39 is 12.0 Å². The number of fused-ring (bicyclic) bond motifs is 2. The number of carboxylic acid groups (broad SMARTS) is 1. The molecule has 3 aromatic rings. The van der Waals surface area contributed by atoms with Gasteiger partial charge < -0.3 is 10.4 Å². The summed E-state index contributed by atoms with van der Waals surface area (Å²) in [5.41, 5.74) is 0.974. The Morgan fingerprint density at radius 2 is 1.54 bits per heavy atom. The zero-order valence-corrected chi connectivity index (χ0v) is 15.9. The van der Waals surface area contributed by atoms with E-state index in [0.717, 1.165) is 39.9 Å². The van der Waals surface area contributed by atoms with Gasteiger partial charge in [-0.05, 0) is 51.9 Å². The van der Waals surface area contributed by atoms with Crippen LogP contribution in [0.15, 0.2) is 54.6 Å². The summed E-state index contributed by atoms with van der Waals surface area (Å²) in [5, 5.41) is 16.8. The summed E-state index contributed by atoms with van der Waals surface area (Å²) >= 11 is 0. The van der Waals surface area contributed by atoms with Crippen molar-refractivity contribution in [2.24, 2.45) is 5.92 Å². The van der Waals surface area contributed by atoms with Crippen LogP contribution in [0.25, 0.3) is 21.5 Å². The van der Waals surface area contributed by atoms with Gasteiger partial charge in [0.25, 0.3) is 0 Å². The third-order valence-electron chi connectivity index (χ3n) is 5.87. The maximum atomic E-state index is 12.5. The van der Waals surface area contributed by atoms with Crippen LogP contribution in [0.1, 0.15) is 37.7 Å². The van der Waals surface area contributed by atoms with E-state index in [1.165, 1.54) is 12.8 Å². The number of carbonyl (C=O) groups is 2. The highest BCUT2D eigenvalue weighted by Gasteiger charge is 2.25. The molecule has 28 heavy (non-hydrogen) atoms. The van der Waals surface area contributed by atoms with Gasteiger partial charge in [-0.25, -0.2) is 4.79 Å². The van der Waals surface area contributed by atoms with Gasteiger partial charge >= 0.3 is 5.97 Å². The molecule has 1 aliphatic rings. The van der Waals surface area contributed by atoms with Crippen LogP contribution < -0.4 is 5.32 Å². The Bertz CT molecular complexity index is 967. The lowest BCUT2D eigenvalue weighted by Gasteiger charge is -2.19. The number of hydrogen-bond donors (Lipinski definition) is 2. The molecule has 4 nitrogen and oxygen atoms in total. The maximum absolute atomic E-state index is 12.5. The number of carbonyl (C=O) groups excluding carboxylic acids is 1. The van der Waals surface area contributed by atoms with Gasteiger partial charge in [-0.3, -0.25) is 4.79 Å². The lowest BCUT2D eigenvalue weighted by Crippen LogP contribution is -2.42. The second-order valence-corrected chi connectivity index (χ2v) is 7.81. The van der Waals surface area contributed by atoms with Crippen LogP contribution >= 0.6 is 0 Å². The molecule has 0 aliphatic heterocycles. The van der Waals surface area contributed by atoms with Gasteiger partial charge in [-0.1, -0.05) is 61.4 Å². The SMILES string of the molecule is O=C(CC1CCCC1)N[C@H](Cc1c2ccccc2cc2ccccc12)C(=O)O. The van der Waals surface area contributed by atoms with Crippen molar-refractivity contribution in [3.05, 3.63) is 60.2 Å². The highest BCUT2D eigenvalue weighted by Crippen LogP contribution is 2.30. The van der Waals surface area contributed by atoms with E-state index in [4.69, 9.17) is 0 Å². The van der Waals surface area contributed by atoms with Gasteiger partial charge in [0, 0.05) is 12.8 Å². The minimum atomic E-state index is -0.989. The molecule has 1 aliphatic carbocycles. The van der Waals surface area contributed by atoms with E-state index in [0.29, 0.717) is 12.3 Å². The van der Waals surface area contributed by atoms with Crippen molar-refractivity contribution in [2.75, 3.05) is 0 Å². The standard InChI is InChI=1S/C24H25NO3/c26-23(13-16-7-1-2-8-16)25-22(24(27)28)15-21-19-11-5-3-9-17(19)14-18-10-4-6-12-20(18)21/h3-6,9-12,14,16,22H,1-2,7-8,13,15H2,(H,25,26)(H,27,28)/t22-/m1/s1. The van der Waals surface area contributed by atoms with Gasteiger partial charge in [-0.15, -0.1) is 0 Å². The molecule has 0 radical (unpaired) electrons. The molecule has 1 atom stereocenters. The Kier molecular flexibility index (Phi) is 5.29. The molecule has 4 rings (SSSR count). The predicted molar refractivity (Wildman–Crippen MR) is 111 cm³/mol. The molecule has 0 saturated heterocycles. The largest absolute Gasteiger partial charge is 0.480 e. The first-order valence-electron chi connectivity index (χ1n) is 10.0. The van der Waals surface area contributed by atoms with Crippen LogP contribution in [0.3, 0.4) is 0 Å². The molecule has 1 amide bonds. The predicted octanol–water partition coefficient (Wildman–Crippen LogP) is 4.69. The third-order valence-corrected chi connectivity index (χ3v) is 5.87. The van der Waals surface area contributed by atoms with Crippen molar-refractivity contribution in [1.29, 1.82) is 0 Å². The minimum Gasteiger partial charge on any atom is -0.480 e. The van der Waals surface area contributed by atoms with Crippen molar-refractivity contribution < 1.29 is 14.7 Å². The molecule has 1 saturated carbocycles. The Hall–Kier alpha value is -2.88. The first-order valence-corrected chi connectivity index (χ1v) is 10.0. The van der Waals surface area contributed by atoms with Crippen LogP contribution in [-0.4, -0.2) is 23.0 Å². The van der Waals surface area contributed by atoms with E-state index in [-0.39, 0.29) is 12.3 Å². The van der Waals surface area contributed by atoms with Crippen LogP contribution in [0.4, 0.5) is 0 Å². The van der Waals surface area contributed by atoms with Crippen LogP contribution in [0, 0.1) is 5.92 Å². The third kappa shape index (κ3) is 3.86. The molecule has 0 bridgehead atoms. The summed E-state index contributed by atoms with van der Waals surface area (Å²) in [6.45, 7) is 0. The fraction of sp³-hybridized carbons (Fsp3) is 0.333. The van der Waals surface area contributed by atoms with Gasteiger partial charge in [-0.2, -0.15) is 0 Å². The van der Waals surface area contributed by atoms with Crippen LogP contribution in [-0.2, 0) is 16.0 Å². The monoisotopic (exact) mass is 375 g/mol. The summed E-state index contributed by atoms with van der Waals surface area (Å²) in [6.07, 6.45) is 5.18. The van der Waals surface area contributed by atoms with E-state index in [1.54, 1.807) is 0 Å².